The summed E-state index contributed by atoms with van der Waals surface area (Å²) in [6, 6.07) is 3.42. The van der Waals surface area contributed by atoms with Crippen LogP contribution in [-0.4, -0.2) is 48.6 Å². The summed E-state index contributed by atoms with van der Waals surface area (Å²) in [5.41, 5.74) is 0.145. The van der Waals surface area contributed by atoms with Gasteiger partial charge in [-0.25, -0.2) is 18.1 Å². The van der Waals surface area contributed by atoms with E-state index < -0.39 is 15.3 Å². The third kappa shape index (κ3) is 3.79. The van der Waals surface area contributed by atoms with Gasteiger partial charge in [0.25, 0.3) is 5.91 Å². The van der Waals surface area contributed by atoms with Crippen LogP contribution in [0.1, 0.15) is 49.0 Å². The average Bonchev–Trinajstić information content (AvgIpc) is 3.42. The Kier molecular flexibility index (Phi) is 5.05. The fourth-order valence-electron chi connectivity index (χ4n) is 3.88. The van der Waals surface area contributed by atoms with Gasteiger partial charge in [-0.1, -0.05) is 12.8 Å². The van der Waals surface area contributed by atoms with E-state index in [0.29, 0.717) is 25.1 Å². The van der Waals surface area contributed by atoms with Crippen molar-refractivity contribution in [3.05, 3.63) is 30.5 Å². The molecule has 2 aliphatic rings. The van der Waals surface area contributed by atoms with E-state index in [-0.39, 0.29) is 29.9 Å². The summed E-state index contributed by atoms with van der Waals surface area (Å²) in [5.74, 6) is 0.343. The van der Waals surface area contributed by atoms with Gasteiger partial charge < -0.3 is 13.7 Å². The molecule has 4 rings (SSSR count). The van der Waals surface area contributed by atoms with Crippen LogP contribution < -0.4 is 4.72 Å². The molecule has 146 valence electrons. The van der Waals surface area contributed by atoms with E-state index in [1.165, 1.54) is 12.7 Å². The fraction of sp³-hybridized carbons (Fsp3) is 0.556. The molecule has 27 heavy (non-hydrogen) atoms. The molecule has 1 aliphatic carbocycles. The van der Waals surface area contributed by atoms with Crippen LogP contribution in [0.3, 0.4) is 0 Å². The van der Waals surface area contributed by atoms with E-state index in [0.717, 1.165) is 25.7 Å². The van der Waals surface area contributed by atoms with Crippen LogP contribution >= 0.6 is 0 Å². The Morgan fingerprint density at radius 2 is 2.00 bits per heavy atom. The van der Waals surface area contributed by atoms with E-state index in [4.69, 9.17) is 8.83 Å². The van der Waals surface area contributed by atoms with E-state index >= 15 is 0 Å². The summed E-state index contributed by atoms with van der Waals surface area (Å²) in [5, 5.41) is -0.602. The van der Waals surface area contributed by atoms with Crippen LogP contribution in [0, 0.1) is 0 Å². The van der Waals surface area contributed by atoms with Gasteiger partial charge in [0.15, 0.2) is 17.8 Å². The highest BCUT2D eigenvalue weighted by Gasteiger charge is 2.36. The van der Waals surface area contributed by atoms with E-state index in [9.17, 15) is 13.2 Å². The highest BCUT2D eigenvalue weighted by Crippen LogP contribution is 2.27. The Bertz CT molecular complexity index is 884. The van der Waals surface area contributed by atoms with E-state index in [2.05, 4.69) is 9.71 Å². The molecule has 0 aromatic carbocycles. The Balaban J connectivity index is 1.48. The molecular formula is C18H23N3O5S. The highest BCUT2D eigenvalue weighted by molar-refractivity contribution is 7.90. The number of piperidine rings is 1. The summed E-state index contributed by atoms with van der Waals surface area (Å²) in [6.45, 7) is 0.657. The number of nitrogens with one attached hydrogen (secondary N) is 1. The van der Waals surface area contributed by atoms with Crippen molar-refractivity contribution in [2.24, 2.45) is 0 Å². The fourth-order valence-corrected chi connectivity index (χ4v) is 5.62. The average molecular weight is 393 g/mol. The predicted molar refractivity (Wildman–Crippen MR) is 97.4 cm³/mol. The largest absolute Gasteiger partial charge is 0.461 e. The standard InChI is InChI=1S/C18H23N3O5S/c22-18(16-17(26-12-19-16)15-8-4-10-25-15)21-9-3-7-14(11-21)27(23,24)20-13-5-1-2-6-13/h4,8,10,12-14,20H,1-3,5-7,9,11H2/t14-/m1/s1. The van der Waals surface area contributed by atoms with Crippen molar-refractivity contribution in [3.8, 4) is 11.5 Å². The number of carbonyl (C=O) groups excluding carboxylic acids is 1. The lowest BCUT2D eigenvalue weighted by Gasteiger charge is -2.32. The van der Waals surface area contributed by atoms with E-state index in [1.54, 1.807) is 17.0 Å². The van der Waals surface area contributed by atoms with Gasteiger partial charge in [-0.2, -0.15) is 0 Å². The Morgan fingerprint density at radius 3 is 2.74 bits per heavy atom. The number of hydrogen-bond acceptors (Lipinski definition) is 6. The van der Waals surface area contributed by atoms with Crippen LogP contribution in [0.25, 0.3) is 11.5 Å². The maximum Gasteiger partial charge on any atom is 0.276 e. The van der Waals surface area contributed by atoms with Crippen molar-refractivity contribution < 1.29 is 22.0 Å². The monoisotopic (exact) mass is 393 g/mol. The number of carbonyl (C=O) groups is 1. The SMILES string of the molecule is O=C(c1ncoc1-c1ccco1)N1CCC[C@@H](S(=O)(=O)NC2CCCC2)C1. The minimum Gasteiger partial charge on any atom is -0.461 e. The van der Waals surface area contributed by atoms with Crippen molar-refractivity contribution in [1.29, 1.82) is 0 Å². The summed E-state index contributed by atoms with van der Waals surface area (Å²) in [7, 11) is -3.46. The van der Waals surface area contributed by atoms with E-state index in [1.807, 2.05) is 0 Å². The zero-order valence-electron chi connectivity index (χ0n) is 15.0. The molecule has 1 amide bonds. The van der Waals surface area contributed by atoms with Gasteiger partial charge in [0.1, 0.15) is 0 Å². The first kappa shape index (κ1) is 18.2. The number of oxazole rings is 1. The van der Waals surface area contributed by atoms with Crippen LogP contribution in [0.15, 0.2) is 33.6 Å². The number of hydrogen-bond donors (Lipinski definition) is 1. The second kappa shape index (κ2) is 7.47. The summed E-state index contributed by atoms with van der Waals surface area (Å²) < 4.78 is 39.0. The van der Waals surface area contributed by atoms with Crippen molar-refractivity contribution in [1.82, 2.24) is 14.6 Å². The van der Waals surface area contributed by atoms with Gasteiger partial charge in [0, 0.05) is 19.1 Å². The molecule has 0 bridgehead atoms. The van der Waals surface area contributed by atoms with Gasteiger partial charge in [0.2, 0.25) is 15.8 Å². The van der Waals surface area contributed by atoms with Crippen LogP contribution in [0.2, 0.25) is 0 Å². The molecule has 2 aromatic rings. The molecule has 2 fully saturated rings. The van der Waals surface area contributed by atoms with Crippen molar-refractivity contribution >= 4 is 15.9 Å². The molecule has 0 spiro atoms. The molecule has 1 saturated heterocycles. The van der Waals surface area contributed by atoms with Gasteiger partial charge >= 0.3 is 0 Å². The smallest absolute Gasteiger partial charge is 0.276 e. The molecule has 1 aliphatic heterocycles. The molecule has 1 atom stereocenters. The molecule has 3 heterocycles. The molecular weight excluding hydrogens is 370 g/mol. The van der Waals surface area contributed by atoms with Crippen molar-refractivity contribution in [2.45, 2.75) is 49.8 Å². The molecule has 1 saturated carbocycles. The summed E-state index contributed by atoms with van der Waals surface area (Å²) >= 11 is 0. The second-order valence-electron chi connectivity index (χ2n) is 7.17. The first-order valence-corrected chi connectivity index (χ1v) is 10.9. The molecule has 1 N–H and O–H groups in total. The van der Waals surface area contributed by atoms with Gasteiger partial charge in [0.05, 0.1) is 11.5 Å². The molecule has 2 aromatic heterocycles. The Labute approximate surface area is 158 Å². The topological polar surface area (TPSA) is 106 Å². The third-order valence-corrected chi connectivity index (χ3v) is 7.23. The molecule has 9 heteroatoms. The number of amides is 1. The number of nitrogens with zero attached hydrogens (tertiary/aromatic N) is 2. The normalized spacial score (nSPS) is 21.6. The highest BCUT2D eigenvalue weighted by atomic mass is 32.2. The number of rotatable bonds is 5. The number of furan rings is 1. The lowest BCUT2D eigenvalue weighted by molar-refractivity contribution is 0.0721. The van der Waals surface area contributed by atoms with Crippen LogP contribution in [0.4, 0.5) is 0 Å². The number of sulfonamides is 1. The molecule has 8 nitrogen and oxygen atoms in total. The zero-order chi connectivity index (χ0) is 18.9. The van der Waals surface area contributed by atoms with Crippen molar-refractivity contribution in [3.63, 3.8) is 0 Å². The maximum absolute atomic E-state index is 12.9. The lowest BCUT2D eigenvalue weighted by atomic mass is 10.1. The zero-order valence-corrected chi connectivity index (χ0v) is 15.8. The number of aromatic nitrogens is 1. The first-order chi connectivity index (χ1) is 13.0. The Morgan fingerprint density at radius 1 is 1.19 bits per heavy atom. The predicted octanol–water partition coefficient (Wildman–Crippen LogP) is 2.40. The minimum absolute atomic E-state index is 0.0298. The van der Waals surface area contributed by atoms with Gasteiger partial charge in [-0.3, -0.25) is 4.79 Å². The van der Waals surface area contributed by atoms with Gasteiger partial charge in [-0.15, -0.1) is 0 Å². The Hall–Kier alpha value is -2.13. The number of likely N-dealkylation sites (tertiary alicyclic amines) is 1. The summed E-state index contributed by atoms with van der Waals surface area (Å²) in [6.07, 6.45) is 7.77. The quantitative estimate of drug-likeness (QED) is 0.836. The van der Waals surface area contributed by atoms with Crippen LogP contribution in [-0.2, 0) is 10.0 Å². The summed E-state index contributed by atoms with van der Waals surface area (Å²) in [4.78, 5) is 18.5. The second-order valence-corrected chi connectivity index (χ2v) is 9.16. The molecule has 0 unspecified atom stereocenters. The lowest BCUT2D eigenvalue weighted by Crippen LogP contribution is -2.50. The van der Waals surface area contributed by atoms with Crippen LogP contribution in [0.5, 0.6) is 0 Å². The third-order valence-electron chi connectivity index (χ3n) is 5.31. The maximum atomic E-state index is 12.9. The minimum atomic E-state index is -3.46. The molecule has 0 radical (unpaired) electrons. The van der Waals surface area contributed by atoms with Crippen molar-refractivity contribution in [2.75, 3.05) is 13.1 Å². The first-order valence-electron chi connectivity index (χ1n) is 9.32. The van der Waals surface area contributed by atoms with Gasteiger partial charge in [-0.05, 0) is 37.8 Å².